The molecule has 1 saturated heterocycles. The average Bonchev–Trinajstić information content (AvgIpc) is 2.74. The number of hydrogen-bond donors (Lipinski definition) is 2. The van der Waals surface area contributed by atoms with E-state index in [4.69, 9.17) is 0 Å². The monoisotopic (exact) mass is 426 g/mol. The fraction of sp³-hybridized carbons (Fsp3) is 0.417. The van der Waals surface area contributed by atoms with Gasteiger partial charge in [0.05, 0.1) is 12.8 Å². The normalized spacial score (nSPS) is 15.5. The van der Waals surface area contributed by atoms with Crippen LogP contribution in [0.3, 0.4) is 0 Å². The largest absolute Gasteiger partial charge is 0.507 e. The number of aromatic hydroxyl groups is 1. The Balaban J connectivity index is 1.44. The molecular weight excluding hydrogens is 395 g/mol. The zero-order chi connectivity index (χ0) is 22.2. The molecule has 0 radical (unpaired) electrons. The van der Waals surface area contributed by atoms with E-state index in [0.29, 0.717) is 12.0 Å². The first-order valence-electron chi connectivity index (χ1n) is 10.8. The third kappa shape index (κ3) is 6.87. The maximum Gasteiger partial charge on any atom is 0.254 e. The number of piperazine rings is 1. The van der Waals surface area contributed by atoms with Gasteiger partial charge in [-0.05, 0) is 36.6 Å². The van der Waals surface area contributed by atoms with Gasteiger partial charge in [-0.3, -0.25) is 14.6 Å². The Labute approximate surface area is 183 Å². The number of hydrazone groups is 1. The Morgan fingerprint density at radius 2 is 1.84 bits per heavy atom. The first-order valence-corrected chi connectivity index (χ1v) is 10.8. The molecule has 2 aromatic carbocycles. The number of rotatable bonds is 8. The number of benzene rings is 2. The predicted molar refractivity (Wildman–Crippen MR) is 121 cm³/mol. The van der Waals surface area contributed by atoms with E-state index < -0.39 is 5.82 Å². The SMILES string of the molecule is CCCc1cc(F)cc(/C=N/NC(=O)CN2CCN(Cc3ccc(C)cc3)CC2)c1O. The van der Waals surface area contributed by atoms with E-state index in [1.165, 1.54) is 29.5 Å². The van der Waals surface area contributed by atoms with Crippen LogP contribution in [0.2, 0.25) is 0 Å². The standard InChI is InChI=1S/C24H31FN4O2/c1-3-4-20-13-22(25)14-21(24(20)31)15-26-27-23(30)17-29-11-9-28(10-12-29)16-19-7-5-18(2)6-8-19/h5-8,13-15,31H,3-4,9-12,16-17H2,1-2H3,(H,27,30)/b26-15+. The molecule has 7 heteroatoms. The van der Waals surface area contributed by atoms with Crippen LogP contribution in [0.25, 0.3) is 0 Å². The lowest BCUT2D eigenvalue weighted by atomic mass is 10.1. The van der Waals surface area contributed by atoms with Crippen molar-refractivity contribution in [2.75, 3.05) is 32.7 Å². The number of phenolic OH excluding ortho intramolecular Hbond substituents is 1. The molecule has 3 rings (SSSR count). The fourth-order valence-electron chi connectivity index (χ4n) is 3.71. The van der Waals surface area contributed by atoms with Crippen molar-refractivity contribution in [3.05, 3.63) is 64.5 Å². The quantitative estimate of drug-likeness (QED) is 0.503. The van der Waals surface area contributed by atoms with E-state index in [1.54, 1.807) is 0 Å². The second-order valence-corrected chi connectivity index (χ2v) is 8.08. The smallest absolute Gasteiger partial charge is 0.254 e. The van der Waals surface area contributed by atoms with Crippen molar-refractivity contribution in [2.24, 2.45) is 5.10 Å². The van der Waals surface area contributed by atoms with Crippen LogP contribution in [-0.2, 0) is 17.8 Å². The maximum atomic E-state index is 13.7. The summed E-state index contributed by atoms with van der Waals surface area (Å²) in [4.78, 5) is 16.7. The van der Waals surface area contributed by atoms with Gasteiger partial charge in [0.25, 0.3) is 5.91 Å². The second kappa shape index (κ2) is 11.0. The number of hydrogen-bond acceptors (Lipinski definition) is 5. The summed E-state index contributed by atoms with van der Waals surface area (Å²) in [5.74, 6) is -0.656. The van der Waals surface area contributed by atoms with Crippen molar-refractivity contribution in [1.82, 2.24) is 15.2 Å². The Morgan fingerprint density at radius 1 is 1.16 bits per heavy atom. The molecule has 2 aromatic rings. The summed E-state index contributed by atoms with van der Waals surface area (Å²) in [6, 6.07) is 11.1. The van der Waals surface area contributed by atoms with Crippen LogP contribution in [0, 0.1) is 12.7 Å². The number of halogens is 1. The van der Waals surface area contributed by atoms with Crippen LogP contribution in [-0.4, -0.2) is 59.8 Å². The minimum Gasteiger partial charge on any atom is -0.507 e. The number of aryl methyl sites for hydroxylation is 2. The summed E-state index contributed by atoms with van der Waals surface area (Å²) in [5.41, 5.74) is 5.83. The summed E-state index contributed by atoms with van der Waals surface area (Å²) >= 11 is 0. The van der Waals surface area contributed by atoms with E-state index in [-0.39, 0.29) is 23.8 Å². The van der Waals surface area contributed by atoms with Crippen LogP contribution in [0.1, 0.15) is 35.6 Å². The number of carbonyl (C=O) groups is 1. The first kappa shape index (κ1) is 22.9. The van der Waals surface area contributed by atoms with Crippen molar-refractivity contribution < 1.29 is 14.3 Å². The van der Waals surface area contributed by atoms with E-state index >= 15 is 0 Å². The molecule has 0 saturated carbocycles. The van der Waals surface area contributed by atoms with Crippen LogP contribution in [0.15, 0.2) is 41.5 Å². The molecule has 0 aromatic heterocycles. The Hall–Kier alpha value is -2.77. The zero-order valence-corrected chi connectivity index (χ0v) is 18.3. The van der Waals surface area contributed by atoms with Crippen LogP contribution in [0.4, 0.5) is 4.39 Å². The minimum absolute atomic E-state index is 0.00551. The molecule has 166 valence electrons. The van der Waals surface area contributed by atoms with Crippen LogP contribution >= 0.6 is 0 Å². The molecule has 31 heavy (non-hydrogen) atoms. The molecule has 2 N–H and O–H groups in total. The van der Waals surface area contributed by atoms with Gasteiger partial charge in [-0.15, -0.1) is 0 Å². The van der Waals surface area contributed by atoms with Crippen LogP contribution in [0.5, 0.6) is 5.75 Å². The molecule has 1 aliphatic rings. The number of phenols is 1. The van der Waals surface area contributed by atoms with Gasteiger partial charge in [-0.1, -0.05) is 43.2 Å². The van der Waals surface area contributed by atoms with Crippen molar-refractivity contribution in [2.45, 2.75) is 33.2 Å². The van der Waals surface area contributed by atoms with E-state index in [2.05, 4.69) is 51.5 Å². The van der Waals surface area contributed by atoms with Crippen molar-refractivity contribution >= 4 is 12.1 Å². The minimum atomic E-state index is -0.433. The zero-order valence-electron chi connectivity index (χ0n) is 18.3. The number of amides is 1. The summed E-state index contributed by atoms with van der Waals surface area (Å²) in [6.45, 7) is 8.66. The molecule has 1 fully saturated rings. The van der Waals surface area contributed by atoms with Crippen molar-refractivity contribution in [1.29, 1.82) is 0 Å². The number of carbonyl (C=O) groups excluding carboxylic acids is 1. The first-order chi connectivity index (χ1) is 14.9. The molecular formula is C24H31FN4O2. The van der Waals surface area contributed by atoms with Crippen molar-refractivity contribution in [3.63, 3.8) is 0 Å². The molecule has 1 amide bonds. The molecule has 1 heterocycles. The molecule has 0 aliphatic carbocycles. The maximum absolute atomic E-state index is 13.7. The Morgan fingerprint density at radius 3 is 2.52 bits per heavy atom. The molecule has 1 aliphatic heterocycles. The summed E-state index contributed by atoms with van der Waals surface area (Å²) in [7, 11) is 0. The highest BCUT2D eigenvalue weighted by Crippen LogP contribution is 2.24. The van der Waals surface area contributed by atoms with Gasteiger partial charge in [0.2, 0.25) is 0 Å². The second-order valence-electron chi connectivity index (χ2n) is 8.08. The highest BCUT2D eigenvalue weighted by molar-refractivity contribution is 5.86. The Bertz CT molecular complexity index is 907. The van der Waals surface area contributed by atoms with Gasteiger partial charge in [0.1, 0.15) is 11.6 Å². The fourth-order valence-corrected chi connectivity index (χ4v) is 3.71. The predicted octanol–water partition coefficient (Wildman–Crippen LogP) is 3.06. The number of nitrogens with zero attached hydrogens (tertiary/aromatic N) is 3. The van der Waals surface area contributed by atoms with Crippen molar-refractivity contribution in [3.8, 4) is 5.75 Å². The summed E-state index contributed by atoms with van der Waals surface area (Å²) in [5, 5.41) is 14.1. The van der Waals surface area contributed by atoms with E-state index in [1.807, 2.05) is 6.92 Å². The third-order valence-electron chi connectivity index (χ3n) is 5.45. The van der Waals surface area contributed by atoms with Gasteiger partial charge in [0, 0.05) is 38.3 Å². The molecule has 0 spiro atoms. The van der Waals surface area contributed by atoms with Gasteiger partial charge >= 0.3 is 0 Å². The third-order valence-corrected chi connectivity index (χ3v) is 5.45. The molecule has 6 nitrogen and oxygen atoms in total. The molecule has 0 bridgehead atoms. The molecule has 0 unspecified atom stereocenters. The van der Waals surface area contributed by atoms with Gasteiger partial charge in [0.15, 0.2) is 0 Å². The lowest BCUT2D eigenvalue weighted by Crippen LogP contribution is -2.48. The highest BCUT2D eigenvalue weighted by Gasteiger charge is 2.19. The van der Waals surface area contributed by atoms with E-state index in [0.717, 1.165) is 39.1 Å². The number of nitrogens with one attached hydrogen (secondary N) is 1. The van der Waals surface area contributed by atoms with Crippen LogP contribution < -0.4 is 5.43 Å². The Kier molecular flexibility index (Phi) is 8.14. The lowest BCUT2D eigenvalue weighted by Gasteiger charge is -2.34. The van der Waals surface area contributed by atoms with E-state index in [9.17, 15) is 14.3 Å². The summed E-state index contributed by atoms with van der Waals surface area (Å²) in [6.07, 6.45) is 2.66. The summed E-state index contributed by atoms with van der Waals surface area (Å²) < 4.78 is 13.7. The van der Waals surface area contributed by atoms with Gasteiger partial charge in [-0.25, -0.2) is 9.82 Å². The molecule has 0 atom stereocenters. The average molecular weight is 427 g/mol. The highest BCUT2D eigenvalue weighted by atomic mass is 19.1. The topological polar surface area (TPSA) is 68.2 Å². The lowest BCUT2D eigenvalue weighted by molar-refractivity contribution is -0.122. The van der Waals surface area contributed by atoms with Gasteiger partial charge < -0.3 is 5.11 Å². The van der Waals surface area contributed by atoms with Gasteiger partial charge in [-0.2, -0.15) is 5.10 Å².